The number of rotatable bonds is 5. The molecule has 4 rings (SSSR count). The van der Waals surface area contributed by atoms with Crippen molar-refractivity contribution in [3.05, 3.63) is 65.7 Å². The first-order valence-corrected chi connectivity index (χ1v) is 9.64. The Kier molecular flexibility index (Phi) is 4.87. The summed E-state index contributed by atoms with van der Waals surface area (Å²) in [5.41, 5.74) is 1.62. The van der Waals surface area contributed by atoms with Crippen molar-refractivity contribution in [1.82, 2.24) is 14.8 Å². The van der Waals surface area contributed by atoms with Crippen molar-refractivity contribution in [3.63, 3.8) is 0 Å². The fourth-order valence-corrected chi connectivity index (χ4v) is 4.22. The van der Waals surface area contributed by atoms with E-state index in [2.05, 4.69) is 4.98 Å². The zero-order chi connectivity index (χ0) is 19.7. The third-order valence-corrected chi connectivity index (χ3v) is 6.00. The highest BCUT2D eigenvalue weighted by Gasteiger charge is 2.61. The van der Waals surface area contributed by atoms with Crippen LogP contribution in [0.5, 0.6) is 0 Å². The number of pyridine rings is 1. The third kappa shape index (κ3) is 3.77. The van der Waals surface area contributed by atoms with Gasteiger partial charge in [-0.1, -0.05) is 18.2 Å². The first-order chi connectivity index (χ1) is 13.5. The lowest BCUT2D eigenvalue weighted by Crippen LogP contribution is -2.33. The Bertz CT molecular complexity index is 871. The molecule has 2 fully saturated rings. The van der Waals surface area contributed by atoms with E-state index in [1.165, 1.54) is 12.1 Å². The van der Waals surface area contributed by atoms with Crippen LogP contribution in [0.2, 0.25) is 0 Å². The van der Waals surface area contributed by atoms with Gasteiger partial charge in [0.2, 0.25) is 11.8 Å². The molecule has 1 aromatic carbocycles. The molecule has 0 N–H and O–H groups in total. The van der Waals surface area contributed by atoms with E-state index in [1.54, 1.807) is 23.2 Å². The first kappa shape index (κ1) is 18.6. The van der Waals surface area contributed by atoms with E-state index in [0.717, 1.165) is 24.1 Å². The van der Waals surface area contributed by atoms with E-state index in [-0.39, 0.29) is 35.4 Å². The molecule has 2 aliphatic rings. The minimum absolute atomic E-state index is 0.00941. The lowest BCUT2D eigenvalue weighted by Gasteiger charge is -2.19. The second-order valence-electron chi connectivity index (χ2n) is 8.00. The zero-order valence-electron chi connectivity index (χ0n) is 16.0. The van der Waals surface area contributed by atoms with Crippen molar-refractivity contribution in [2.75, 3.05) is 20.1 Å². The number of aromatic nitrogens is 1. The van der Waals surface area contributed by atoms with Gasteiger partial charge in [-0.25, -0.2) is 4.39 Å². The molecule has 2 atom stereocenters. The van der Waals surface area contributed by atoms with Crippen LogP contribution in [0, 0.1) is 17.2 Å². The van der Waals surface area contributed by atoms with E-state index < -0.39 is 0 Å². The standard InChI is InChI=1S/C22H24FN3O2/c1-25(14-18-4-2-3-10-24-18)21(28)19-13-22(19)9-11-26(15-22)20(27)12-16-5-7-17(23)8-6-16/h2-8,10,19H,9,11-15H2,1H3/t19-,22+/m0/s1. The minimum Gasteiger partial charge on any atom is -0.342 e. The Morgan fingerprint density at radius 3 is 2.75 bits per heavy atom. The highest BCUT2D eigenvalue weighted by atomic mass is 19.1. The maximum Gasteiger partial charge on any atom is 0.227 e. The predicted molar refractivity (Wildman–Crippen MR) is 103 cm³/mol. The van der Waals surface area contributed by atoms with Crippen LogP contribution in [0.1, 0.15) is 24.1 Å². The van der Waals surface area contributed by atoms with Gasteiger partial charge < -0.3 is 9.80 Å². The van der Waals surface area contributed by atoms with E-state index in [0.29, 0.717) is 19.6 Å². The molecule has 1 aromatic heterocycles. The summed E-state index contributed by atoms with van der Waals surface area (Å²) in [6, 6.07) is 11.7. The summed E-state index contributed by atoms with van der Waals surface area (Å²) in [5.74, 6) is -0.128. The molecular formula is C22H24FN3O2. The minimum atomic E-state index is -0.300. The van der Waals surface area contributed by atoms with Crippen LogP contribution in [-0.2, 0) is 22.6 Å². The molecule has 0 unspecified atom stereocenters. The molecule has 28 heavy (non-hydrogen) atoms. The Labute approximate surface area is 164 Å². The highest BCUT2D eigenvalue weighted by Crippen LogP contribution is 2.59. The number of halogens is 1. The number of carbonyl (C=O) groups is 2. The molecule has 2 amide bonds. The lowest BCUT2D eigenvalue weighted by atomic mass is 10.0. The fourth-order valence-electron chi connectivity index (χ4n) is 4.22. The molecule has 6 heteroatoms. The van der Waals surface area contributed by atoms with Crippen molar-refractivity contribution < 1.29 is 14.0 Å². The normalized spacial score (nSPS) is 23.1. The van der Waals surface area contributed by atoms with Crippen molar-refractivity contribution >= 4 is 11.8 Å². The SMILES string of the molecule is CN(Cc1ccccn1)C(=O)[C@@H]1C[C@@]12CCN(C(=O)Cc1ccc(F)cc1)C2. The van der Waals surface area contributed by atoms with Gasteiger partial charge in [0.1, 0.15) is 5.82 Å². The van der Waals surface area contributed by atoms with Crippen molar-refractivity contribution in [1.29, 1.82) is 0 Å². The Morgan fingerprint density at radius 2 is 2.04 bits per heavy atom. The molecule has 2 heterocycles. The second-order valence-corrected chi connectivity index (χ2v) is 8.00. The summed E-state index contributed by atoms with van der Waals surface area (Å²) in [6.45, 7) is 1.83. The van der Waals surface area contributed by atoms with Crippen molar-refractivity contribution in [3.8, 4) is 0 Å². The second kappa shape index (κ2) is 7.34. The van der Waals surface area contributed by atoms with Gasteiger partial charge in [-0.15, -0.1) is 0 Å². The average molecular weight is 381 g/mol. The quantitative estimate of drug-likeness (QED) is 0.800. The Morgan fingerprint density at radius 1 is 1.25 bits per heavy atom. The lowest BCUT2D eigenvalue weighted by molar-refractivity contribution is -0.133. The Balaban J connectivity index is 1.32. The Hall–Kier alpha value is -2.76. The van der Waals surface area contributed by atoms with Gasteiger partial charge >= 0.3 is 0 Å². The third-order valence-electron chi connectivity index (χ3n) is 6.00. The molecule has 5 nitrogen and oxygen atoms in total. The molecule has 2 aromatic rings. The molecule has 146 valence electrons. The number of nitrogens with zero attached hydrogens (tertiary/aromatic N) is 3. The van der Waals surface area contributed by atoms with Crippen molar-refractivity contribution in [2.45, 2.75) is 25.8 Å². The van der Waals surface area contributed by atoms with Crippen LogP contribution in [0.15, 0.2) is 48.7 Å². The molecule has 1 aliphatic heterocycles. The van der Waals surface area contributed by atoms with Gasteiger partial charge in [0.15, 0.2) is 0 Å². The molecule has 1 aliphatic carbocycles. The van der Waals surface area contributed by atoms with Crippen molar-refractivity contribution in [2.24, 2.45) is 11.3 Å². The molecule has 0 bridgehead atoms. The topological polar surface area (TPSA) is 53.5 Å². The largest absolute Gasteiger partial charge is 0.342 e. The molecule has 0 radical (unpaired) electrons. The molecule has 1 saturated carbocycles. The van der Waals surface area contributed by atoms with E-state index in [1.807, 2.05) is 30.1 Å². The van der Waals surface area contributed by atoms with E-state index >= 15 is 0 Å². The summed E-state index contributed by atoms with van der Waals surface area (Å²) >= 11 is 0. The number of benzene rings is 1. The zero-order valence-corrected chi connectivity index (χ0v) is 16.0. The van der Waals surface area contributed by atoms with Crippen LogP contribution in [0.4, 0.5) is 4.39 Å². The van der Waals surface area contributed by atoms with Crippen LogP contribution >= 0.6 is 0 Å². The van der Waals surface area contributed by atoms with Gasteiger partial charge in [0, 0.05) is 37.7 Å². The first-order valence-electron chi connectivity index (χ1n) is 9.64. The summed E-state index contributed by atoms with van der Waals surface area (Å²) in [5, 5.41) is 0. The summed E-state index contributed by atoms with van der Waals surface area (Å²) in [7, 11) is 1.81. The number of hydrogen-bond acceptors (Lipinski definition) is 3. The maximum atomic E-state index is 13.0. The summed E-state index contributed by atoms with van der Waals surface area (Å²) in [6.07, 6.45) is 3.72. The number of likely N-dealkylation sites (tertiary alicyclic amines) is 1. The van der Waals surface area contributed by atoms with E-state index in [9.17, 15) is 14.0 Å². The number of amides is 2. The number of hydrogen-bond donors (Lipinski definition) is 0. The summed E-state index contributed by atoms with van der Waals surface area (Å²) < 4.78 is 13.0. The molecule has 1 spiro atoms. The van der Waals surface area contributed by atoms with Gasteiger partial charge in [-0.2, -0.15) is 0 Å². The van der Waals surface area contributed by atoms with Crippen LogP contribution in [0.3, 0.4) is 0 Å². The smallest absolute Gasteiger partial charge is 0.227 e. The van der Waals surface area contributed by atoms with Gasteiger partial charge in [0.05, 0.1) is 18.7 Å². The monoisotopic (exact) mass is 381 g/mol. The van der Waals surface area contributed by atoms with Crippen LogP contribution in [0.25, 0.3) is 0 Å². The fraction of sp³-hybridized carbons (Fsp3) is 0.409. The average Bonchev–Trinajstić information content (AvgIpc) is 3.22. The van der Waals surface area contributed by atoms with E-state index in [4.69, 9.17) is 0 Å². The van der Waals surface area contributed by atoms with Crippen LogP contribution in [-0.4, -0.2) is 46.7 Å². The maximum absolute atomic E-state index is 13.0. The van der Waals surface area contributed by atoms with Crippen LogP contribution < -0.4 is 0 Å². The summed E-state index contributed by atoms with van der Waals surface area (Å²) in [4.78, 5) is 33.3. The molecule has 1 saturated heterocycles. The van der Waals surface area contributed by atoms with Gasteiger partial charge in [0.25, 0.3) is 0 Å². The number of carbonyl (C=O) groups excluding carboxylic acids is 2. The van der Waals surface area contributed by atoms with Gasteiger partial charge in [-0.05, 0) is 42.7 Å². The molecular weight excluding hydrogens is 357 g/mol. The highest BCUT2D eigenvalue weighted by molar-refractivity contribution is 5.84. The van der Waals surface area contributed by atoms with Gasteiger partial charge in [-0.3, -0.25) is 14.6 Å². The predicted octanol–water partition coefficient (Wildman–Crippen LogP) is 2.66.